The number of aromatic nitrogens is 3. The van der Waals surface area contributed by atoms with Crippen LogP contribution < -0.4 is 16.4 Å². The first kappa shape index (κ1) is 14.7. The molecule has 21 heavy (non-hydrogen) atoms. The number of anilines is 1. The fourth-order valence-corrected chi connectivity index (χ4v) is 1.77. The molecule has 0 saturated carbocycles. The fourth-order valence-electron chi connectivity index (χ4n) is 1.77. The van der Waals surface area contributed by atoms with Gasteiger partial charge in [-0.1, -0.05) is 17.3 Å². The van der Waals surface area contributed by atoms with E-state index in [1.54, 1.807) is 30.5 Å². The molecule has 0 radical (unpaired) electrons. The van der Waals surface area contributed by atoms with Crippen molar-refractivity contribution in [1.82, 2.24) is 20.3 Å². The number of carbonyl (C=O) groups is 2. The second-order valence-corrected chi connectivity index (χ2v) is 4.28. The Bertz CT molecular complexity index is 652. The van der Waals surface area contributed by atoms with Gasteiger partial charge in [0.1, 0.15) is 6.54 Å². The molecule has 2 rings (SSSR count). The van der Waals surface area contributed by atoms with Gasteiger partial charge in [0.2, 0.25) is 5.91 Å². The van der Waals surface area contributed by atoms with Crippen LogP contribution in [0, 0.1) is 0 Å². The Balaban J connectivity index is 2.07. The summed E-state index contributed by atoms with van der Waals surface area (Å²) in [7, 11) is 1.53. The van der Waals surface area contributed by atoms with Gasteiger partial charge in [0.25, 0.3) is 5.91 Å². The minimum atomic E-state index is -0.306. The molecule has 0 aliphatic carbocycles. The van der Waals surface area contributed by atoms with Crippen LogP contribution in [0.15, 0.2) is 30.5 Å². The van der Waals surface area contributed by atoms with Crippen LogP contribution in [0.3, 0.4) is 0 Å². The minimum Gasteiger partial charge on any atom is -0.355 e. The summed E-state index contributed by atoms with van der Waals surface area (Å²) in [5.74, 6) is -0.572. The molecule has 2 amide bonds. The van der Waals surface area contributed by atoms with Crippen LogP contribution in [0.2, 0.25) is 0 Å². The van der Waals surface area contributed by atoms with E-state index in [9.17, 15) is 9.59 Å². The van der Waals surface area contributed by atoms with Gasteiger partial charge in [0.15, 0.2) is 0 Å². The van der Waals surface area contributed by atoms with Crippen LogP contribution in [-0.2, 0) is 17.9 Å². The topological polar surface area (TPSA) is 115 Å². The average Bonchev–Trinajstić information content (AvgIpc) is 2.94. The summed E-state index contributed by atoms with van der Waals surface area (Å²) in [5, 5.41) is 12.8. The Morgan fingerprint density at radius 1 is 1.33 bits per heavy atom. The van der Waals surface area contributed by atoms with Gasteiger partial charge in [-0.3, -0.25) is 9.59 Å². The van der Waals surface area contributed by atoms with E-state index in [0.29, 0.717) is 16.9 Å². The number of carbonyl (C=O) groups excluding carboxylic acids is 2. The molecule has 0 atom stereocenters. The van der Waals surface area contributed by atoms with Crippen LogP contribution in [0.25, 0.3) is 0 Å². The number of rotatable bonds is 5. The van der Waals surface area contributed by atoms with Crippen molar-refractivity contribution in [2.45, 2.75) is 13.1 Å². The lowest BCUT2D eigenvalue weighted by atomic mass is 10.1. The summed E-state index contributed by atoms with van der Waals surface area (Å²) in [6.07, 6.45) is 1.60. The first-order valence-corrected chi connectivity index (χ1v) is 6.34. The number of nitrogens with one attached hydrogen (secondary N) is 2. The standard InChI is InChI=1S/C13H16N6O2/c1-15-13(21)10-4-2-3-5-11(10)16-12(20)8-19-7-9(6-14)17-18-19/h2-5,7H,6,8,14H2,1H3,(H,15,21)(H,16,20). The van der Waals surface area contributed by atoms with Gasteiger partial charge >= 0.3 is 0 Å². The smallest absolute Gasteiger partial charge is 0.253 e. The SMILES string of the molecule is CNC(=O)c1ccccc1NC(=O)Cn1cc(CN)nn1. The maximum absolute atomic E-state index is 12.0. The molecule has 0 saturated heterocycles. The lowest BCUT2D eigenvalue weighted by Gasteiger charge is -2.09. The van der Waals surface area contributed by atoms with Crippen molar-refractivity contribution < 1.29 is 9.59 Å². The fraction of sp³-hybridized carbons (Fsp3) is 0.231. The number of hydrogen-bond acceptors (Lipinski definition) is 5. The van der Waals surface area contributed by atoms with Crippen molar-refractivity contribution in [3.63, 3.8) is 0 Å². The van der Waals surface area contributed by atoms with E-state index >= 15 is 0 Å². The molecule has 4 N–H and O–H groups in total. The van der Waals surface area contributed by atoms with E-state index in [4.69, 9.17) is 5.73 Å². The zero-order valence-electron chi connectivity index (χ0n) is 11.5. The Kier molecular flexibility index (Phi) is 4.62. The predicted molar refractivity (Wildman–Crippen MR) is 76.4 cm³/mol. The molecule has 1 heterocycles. The summed E-state index contributed by atoms with van der Waals surface area (Å²) in [5.41, 5.74) is 6.87. The Morgan fingerprint density at radius 2 is 2.10 bits per heavy atom. The third-order valence-corrected chi connectivity index (χ3v) is 2.77. The van der Waals surface area contributed by atoms with Crippen LogP contribution >= 0.6 is 0 Å². The molecule has 1 aromatic heterocycles. The molecule has 0 unspecified atom stereocenters. The van der Waals surface area contributed by atoms with E-state index in [1.807, 2.05) is 0 Å². The molecule has 0 fully saturated rings. The monoisotopic (exact) mass is 288 g/mol. The van der Waals surface area contributed by atoms with Crippen molar-refractivity contribution in [3.05, 3.63) is 41.7 Å². The number of amides is 2. The van der Waals surface area contributed by atoms with Gasteiger partial charge in [-0.25, -0.2) is 4.68 Å². The molecule has 0 aliphatic rings. The van der Waals surface area contributed by atoms with Crippen molar-refractivity contribution in [1.29, 1.82) is 0 Å². The molecule has 8 heteroatoms. The van der Waals surface area contributed by atoms with Crippen molar-refractivity contribution in [2.75, 3.05) is 12.4 Å². The van der Waals surface area contributed by atoms with Crippen molar-refractivity contribution in [2.24, 2.45) is 5.73 Å². The number of nitrogens with zero attached hydrogens (tertiary/aromatic N) is 3. The quantitative estimate of drug-likeness (QED) is 0.701. The van der Waals surface area contributed by atoms with E-state index in [1.165, 1.54) is 11.7 Å². The third kappa shape index (κ3) is 3.63. The van der Waals surface area contributed by atoms with Crippen molar-refractivity contribution >= 4 is 17.5 Å². The van der Waals surface area contributed by atoms with Gasteiger partial charge in [-0.2, -0.15) is 0 Å². The summed E-state index contributed by atoms with van der Waals surface area (Å²) >= 11 is 0. The van der Waals surface area contributed by atoms with Gasteiger partial charge < -0.3 is 16.4 Å². The van der Waals surface area contributed by atoms with Crippen LogP contribution in [0.1, 0.15) is 16.1 Å². The summed E-state index contributed by atoms with van der Waals surface area (Å²) < 4.78 is 1.39. The molecule has 110 valence electrons. The largest absolute Gasteiger partial charge is 0.355 e. The molecule has 0 bridgehead atoms. The molecule has 1 aromatic carbocycles. The van der Waals surface area contributed by atoms with E-state index in [-0.39, 0.29) is 24.9 Å². The number of benzene rings is 1. The Morgan fingerprint density at radius 3 is 2.76 bits per heavy atom. The van der Waals surface area contributed by atoms with Gasteiger partial charge in [-0.15, -0.1) is 5.10 Å². The zero-order valence-corrected chi connectivity index (χ0v) is 11.5. The third-order valence-electron chi connectivity index (χ3n) is 2.77. The number of nitrogens with two attached hydrogens (primary N) is 1. The molecular formula is C13H16N6O2. The van der Waals surface area contributed by atoms with Gasteiger partial charge in [0.05, 0.1) is 23.1 Å². The van der Waals surface area contributed by atoms with Crippen LogP contribution in [0.4, 0.5) is 5.69 Å². The summed E-state index contributed by atoms with van der Waals surface area (Å²) in [6, 6.07) is 6.76. The lowest BCUT2D eigenvalue weighted by Crippen LogP contribution is -2.23. The minimum absolute atomic E-state index is 0.00488. The summed E-state index contributed by atoms with van der Waals surface area (Å²) in [6.45, 7) is 0.260. The number of para-hydroxylation sites is 1. The normalized spacial score (nSPS) is 10.2. The number of hydrogen-bond donors (Lipinski definition) is 3. The first-order chi connectivity index (χ1) is 10.1. The zero-order chi connectivity index (χ0) is 15.2. The molecule has 8 nitrogen and oxygen atoms in total. The Labute approximate surface area is 121 Å². The highest BCUT2D eigenvalue weighted by Gasteiger charge is 2.12. The highest BCUT2D eigenvalue weighted by atomic mass is 16.2. The maximum Gasteiger partial charge on any atom is 0.253 e. The van der Waals surface area contributed by atoms with E-state index in [2.05, 4.69) is 20.9 Å². The second-order valence-electron chi connectivity index (χ2n) is 4.28. The maximum atomic E-state index is 12.0. The van der Waals surface area contributed by atoms with Crippen LogP contribution in [0.5, 0.6) is 0 Å². The highest BCUT2D eigenvalue weighted by Crippen LogP contribution is 2.14. The highest BCUT2D eigenvalue weighted by molar-refractivity contribution is 6.03. The molecule has 2 aromatic rings. The predicted octanol–water partition coefficient (Wildman–Crippen LogP) is -0.265. The first-order valence-electron chi connectivity index (χ1n) is 6.34. The average molecular weight is 288 g/mol. The van der Waals surface area contributed by atoms with Gasteiger partial charge in [0, 0.05) is 13.6 Å². The molecular weight excluding hydrogens is 272 g/mol. The van der Waals surface area contributed by atoms with E-state index < -0.39 is 0 Å². The van der Waals surface area contributed by atoms with Crippen molar-refractivity contribution in [3.8, 4) is 0 Å². The lowest BCUT2D eigenvalue weighted by molar-refractivity contribution is -0.116. The van der Waals surface area contributed by atoms with E-state index in [0.717, 1.165) is 0 Å². The van der Waals surface area contributed by atoms with Crippen LogP contribution in [-0.4, -0.2) is 33.9 Å². The summed E-state index contributed by atoms with van der Waals surface area (Å²) in [4.78, 5) is 23.7. The molecule has 0 spiro atoms. The van der Waals surface area contributed by atoms with Gasteiger partial charge in [-0.05, 0) is 12.1 Å². The Hall–Kier alpha value is -2.74. The second kappa shape index (κ2) is 6.62. The molecule has 0 aliphatic heterocycles.